The van der Waals surface area contributed by atoms with E-state index >= 15 is 0 Å². The van der Waals surface area contributed by atoms with Crippen LogP contribution in [0.15, 0.2) is 12.2 Å². The Bertz CT molecular complexity index is 126. The molecule has 1 fully saturated rings. The molecule has 0 spiro atoms. The fourth-order valence-electron chi connectivity index (χ4n) is 0.485. The number of hydrogen-bond donors (Lipinski definition) is 1. The monoisotopic (exact) mass is 98.0 g/mol. The first-order valence-electron chi connectivity index (χ1n) is 2.12. The zero-order valence-corrected chi connectivity index (χ0v) is 3.85. The van der Waals surface area contributed by atoms with Crippen molar-refractivity contribution in [3.05, 3.63) is 12.2 Å². The molecule has 1 N–H and O–H groups in total. The van der Waals surface area contributed by atoms with Gasteiger partial charge in [-0.1, -0.05) is 6.58 Å². The van der Waals surface area contributed by atoms with Gasteiger partial charge in [-0.3, -0.25) is 4.79 Å². The predicted molar refractivity (Wildman–Crippen MR) is 24.8 cm³/mol. The Morgan fingerprint density at radius 2 is 2.43 bits per heavy atom. The summed E-state index contributed by atoms with van der Waals surface area (Å²) in [5.74, 6) is -0.00694. The normalized spacial score (nSPS) is 30.1. The molecule has 0 aliphatic heterocycles. The predicted octanol–water partition coefficient (Wildman–Crippen LogP) is -0.124. The fourth-order valence-corrected chi connectivity index (χ4v) is 0.485. The van der Waals surface area contributed by atoms with Crippen LogP contribution in [0.5, 0.6) is 0 Å². The van der Waals surface area contributed by atoms with E-state index in [-0.39, 0.29) is 12.2 Å². The Labute approximate surface area is 41.5 Å². The second kappa shape index (κ2) is 1.17. The minimum absolute atomic E-state index is 0.00694. The van der Waals surface area contributed by atoms with Crippen LogP contribution in [0.25, 0.3) is 0 Å². The van der Waals surface area contributed by atoms with Gasteiger partial charge in [-0.2, -0.15) is 0 Å². The highest BCUT2D eigenvalue weighted by atomic mass is 16.3. The zero-order valence-electron chi connectivity index (χ0n) is 3.85. The largest absolute Gasteiger partial charge is 0.388 e. The van der Waals surface area contributed by atoms with Crippen LogP contribution >= 0.6 is 0 Å². The molecule has 0 aromatic rings. The molecule has 2 heteroatoms. The molecule has 0 aromatic heterocycles. The third-order valence-corrected chi connectivity index (χ3v) is 1.14. The average molecular weight is 98.1 g/mol. The highest BCUT2D eigenvalue weighted by molar-refractivity contribution is 6.02. The van der Waals surface area contributed by atoms with E-state index in [0.717, 1.165) is 0 Å². The van der Waals surface area contributed by atoms with Crippen molar-refractivity contribution < 1.29 is 9.90 Å². The van der Waals surface area contributed by atoms with Gasteiger partial charge in [0.1, 0.15) is 0 Å². The molecule has 1 atom stereocenters. The molecule has 1 unspecified atom stereocenters. The van der Waals surface area contributed by atoms with E-state index in [4.69, 9.17) is 5.11 Å². The Kier molecular flexibility index (Phi) is 0.755. The summed E-state index contributed by atoms with van der Waals surface area (Å²) < 4.78 is 0. The molecule has 1 aliphatic rings. The second-order valence-electron chi connectivity index (χ2n) is 1.67. The van der Waals surface area contributed by atoms with Gasteiger partial charge in [0, 0.05) is 12.0 Å². The molecule has 38 valence electrons. The minimum atomic E-state index is -0.535. The topological polar surface area (TPSA) is 37.3 Å². The minimum Gasteiger partial charge on any atom is -0.388 e. The lowest BCUT2D eigenvalue weighted by molar-refractivity contribution is -0.122. The van der Waals surface area contributed by atoms with Gasteiger partial charge in [-0.25, -0.2) is 0 Å². The number of aliphatic hydroxyl groups excluding tert-OH is 1. The van der Waals surface area contributed by atoms with Crippen LogP contribution in [0.3, 0.4) is 0 Å². The van der Waals surface area contributed by atoms with E-state index in [0.29, 0.717) is 5.57 Å². The molecule has 7 heavy (non-hydrogen) atoms. The number of aliphatic hydroxyl groups is 1. The third kappa shape index (κ3) is 0.472. The molecule has 2 nitrogen and oxygen atoms in total. The fraction of sp³-hybridized carbons (Fsp3) is 0.400. The van der Waals surface area contributed by atoms with Crippen molar-refractivity contribution in [3.8, 4) is 0 Å². The average Bonchev–Trinajstić information content (AvgIpc) is 1.68. The van der Waals surface area contributed by atoms with E-state index in [2.05, 4.69) is 6.58 Å². The van der Waals surface area contributed by atoms with Crippen LogP contribution in [-0.4, -0.2) is 17.0 Å². The van der Waals surface area contributed by atoms with Gasteiger partial charge in [-0.05, 0) is 0 Å². The first-order valence-corrected chi connectivity index (χ1v) is 2.12. The smallest absolute Gasteiger partial charge is 0.163 e. The van der Waals surface area contributed by atoms with Gasteiger partial charge in [0.15, 0.2) is 5.78 Å². The highest BCUT2D eigenvalue weighted by Crippen LogP contribution is 2.18. The molecule has 0 radical (unpaired) electrons. The van der Waals surface area contributed by atoms with Crippen molar-refractivity contribution in [1.29, 1.82) is 0 Å². The van der Waals surface area contributed by atoms with Crippen molar-refractivity contribution in [2.45, 2.75) is 12.5 Å². The van der Waals surface area contributed by atoms with Gasteiger partial charge >= 0.3 is 0 Å². The maximum absolute atomic E-state index is 10.2. The molecular weight excluding hydrogens is 92.1 g/mol. The van der Waals surface area contributed by atoms with Gasteiger partial charge < -0.3 is 5.11 Å². The molecule has 0 aromatic carbocycles. The first kappa shape index (κ1) is 4.53. The number of rotatable bonds is 0. The van der Waals surface area contributed by atoms with E-state index in [1.54, 1.807) is 0 Å². The molecule has 0 amide bonds. The van der Waals surface area contributed by atoms with Crippen LogP contribution < -0.4 is 0 Å². The van der Waals surface area contributed by atoms with Crippen molar-refractivity contribution in [2.75, 3.05) is 0 Å². The van der Waals surface area contributed by atoms with Gasteiger partial charge in [-0.15, -0.1) is 0 Å². The standard InChI is InChI=1S/C5H6O2/c1-3-4(6)2-5(3)7/h4,6H,1-2H2. The van der Waals surface area contributed by atoms with Crippen LogP contribution in [0.1, 0.15) is 6.42 Å². The van der Waals surface area contributed by atoms with E-state index < -0.39 is 6.10 Å². The lowest BCUT2D eigenvalue weighted by Crippen LogP contribution is -2.31. The van der Waals surface area contributed by atoms with Crippen LogP contribution in [0.2, 0.25) is 0 Å². The summed E-state index contributed by atoms with van der Waals surface area (Å²) in [5, 5.41) is 8.57. The molecule has 1 saturated carbocycles. The lowest BCUT2D eigenvalue weighted by atomic mass is 9.89. The quantitative estimate of drug-likeness (QED) is 0.429. The molecule has 0 heterocycles. The highest BCUT2D eigenvalue weighted by Gasteiger charge is 2.28. The van der Waals surface area contributed by atoms with E-state index in [9.17, 15) is 4.79 Å². The molecule has 1 rings (SSSR count). The molecule has 0 bridgehead atoms. The number of carbonyl (C=O) groups is 1. The summed E-state index contributed by atoms with van der Waals surface area (Å²) in [7, 11) is 0. The summed E-state index contributed by atoms with van der Waals surface area (Å²) in [5.41, 5.74) is 0.361. The van der Waals surface area contributed by atoms with Gasteiger partial charge in [0.25, 0.3) is 0 Å². The maximum atomic E-state index is 10.2. The Morgan fingerprint density at radius 1 is 1.86 bits per heavy atom. The number of carbonyl (C=O) groups excluding carboxylic acids is 1. The summed E-state index contributed by atoms with van der Waals surface area (Å²) in [6, 6.07) is 0. The lowest BCUT2D eigenvalue weighted by Gasteiger charge is -2.20. The zero-order chi connectivity index (χ0) is 5.44. The van der Waals surface area contributed by atoms with Gasteiger partial charge in [0.05, 0.1) is 6.10 Å². The third-order valence-electron chi connectivity index (χ3n) is 1.14. The number of ketones is 1. The Hall–Kier alpha value is -0.630. The molecule has 1 aliphatic carbocycles. The van der Waals surface area contributed by atoms with Crippen LogP contribution in [-0.2, 0) is 4.79 Å². The van der Waals surface area contributed by atoms with E-state index in [1.165, 1.54) is 0 Å². The van der Waals surface area contributed by atoms with Crippen LogP contribution in [0, 0.1) is 0 Å². The van der Waals surface area contributed by atoms with Crippen molar-refractivity contribution >= 4 is 5.78 Å². The number of Topliss-reactive ketones (excluding diaryl/α,β-unsaturated/α-hetero) is 1. The first-order chi connectivity index (χ1) is 3.22. The van der Waals surface area contributed by atoms with Crippen molar-refractivity contribution in [1.82, 2.24) is 0 Å². The number of hydrogen-bond acceptors (Lipinski definition) is 2. The molecule has 0 saturated heterocycles. The summed E-state index contributed by atoms with van der Waals surface area (Å²) >= 11 is 0. The molecular formula is C5H6O2. The maximum Gasteiger partial charge on any atom is 0.163 e. The van der Waals surface area contributed by atoms with Gasteiger partial charge in [0.2, 0.25) is 0 Å². The van der Waals surface area contributed by atoms with Crippen molar-refractivity contribution in [2.24, 2.45) is 0 Å². The Morgan fingerprint density at radius 3 is 2.43 bits per heavy atom. The summed E-state index contributed by atoms with van der Waals surface area (Å²) in [6.07, 6.45) is -0.258. The SMILES string of the molecule is C=C1C(=O)CC1O. The Balaban J connectivity index is 2.60. The van der Waals surface area contributed by atoms with Crippen LogP contribution in [0.4, 0.5) is 0 Å². The second-order valence-corrected chi connectivity index (χ2v) is 1.67. The summed E-state index contributed by atoms with van der Waals surface area (Å²) in [6.45, 7) is 3.32. The van der Waals surface area contributed by atoms with E-state index in [1.807, 2.05) is 0 Å². The summed E-state index contributed by atoms with van der Waals surface area (Å²) in [4.78, 5) is 10.2. The van der Waals surface area contributed by atoms with Crippen molar-refractivity contribution in [3.63, 3.8) is 0 Å².